The standard InChI is InChI=1S/C14H18F3N3O2.ClH/c1-3-6-20(12(22)7-18-2)8-11(21)19-10-5-4-9(15)13(16)14(10)17;/h4-5,18H,3,6-8H2,1-2H3,(H,19,21);1H. The molecule has 5 nitrogen and oxygen atoms in total. The molecule has 0 unspecified atom stereocenters. The Kier molecular flexibility index (Phi) is 9.28. The Bertz CT molecular complexity index is 558. The molecule has 0 saturated heterocycles. The van der Waals surface area contributed by atoms with Crippen LogP contribution in [0.25, 0.3) is 0 Å². The fourth-order valence-corrected chi connectivity index (χ4v) is 1.81. The zero-order valence-electron chi connectivity index (χ0n) is 12.8. The van der Waals surface area contributed by atoms with E-state index in [9.17, 15) is 22.8 Å². The van der Waals surface area contributed by atoms with E-state index in [-0.39, 0.29) is 31.4 Å². The average molecular weight is 354 g/mol. The predicted molar refractivity (Wildman–Crippen MR) is 83.0 cm³/mol. The quantitative estimate of drug-likeness (QED) is 0.736. The number of hydrogen-bond acceptors (Lipinski definition) is 3. The Morgan fingerprint density at radius 3 is 2.39 bits per heavy atom. The van der Waals surface area contributed by atoms with Crippen LogP contribution in [0.4, 0.5) is 18.9 Å². The van der Waals surface area contributed by atoms with Gasteiger partial charge in [-0.2, -0.15) is 0 Å². The summed E-state index contributed by atoms with van der Waals surface area (Å²) in [6, 6.07) is 1.63. The van der Waals surface area contributed by atoms with E-state index in [0.717, 1.165) is 6.07 Å². The van der Waals surface area contributed by atoms with E-state index in [1.807, 2.05) is 6.92 Å². The molecule has 1 aromatic carbocycles. The number of anilines is 1. The van der Waals surface area contributed by atoms with Crippen LogP contribution >= 0.6 is 12.4 Å². The van der Waals surface area contributed by atoms with Crippen LogP contribution in [0.15, 0.2) is 12.1 Å². The molecule has 0 aliphatic rings. The number of likely N-dealkylation sites (N-methyl/N-ethyl adjacent to an activating group) is 1. The predicted octanol–water partition coefficient (Wildman–Crippen LogP) is 1.92. The molecule has 0 aliphatic carbocycles. The summed E-state index contributed by atoms with van der Waals surface area (Å²) in [7, 11) is 1.60. The van der Waals surface area contributed by atoms with Gasteiger partial charge in [0, 0.05) is 6.54 Å². The van der Waals surface area contributed by atoms with Gasteiger partial charge in [0.05, 0.1) is 18.8 Å². The van der Waals surface area contributed by atoms with Gasteiger partial charge in [-0.15, -0.1) is 12.4 Å². The molecule has 0 aliphatic heterocycles. The molecule has 9 heteroatoms. The lowest BCUT2D eigenvalue weighted by Crippen LogP contribution is -2.42. The van der Waals surface area contributed by atoms with E-state index in [0.29, 0.717) is 19.0 Å². The smallest absolute Gasteiger partial charge is 0.244 e. The minimum Gasteiger partial charge on any atom is -0.332 e. The van der Waals surface area contributed by atoms with Crippen molar-refractivity contribution in [3.05, 3.63) is 29.6 Å². The number of carbonyl (C=O) groups is 2. The third-order valence-electron chi connectivity index (χ3n) is 2.82. The number of amides is 2. The first-order chi connectivity index (χ1) is 10.4. The molecular formula is C14H19ClF3N3O2. The zero-order chi connectivity index (χ0) is 16.7. The number of hydrogen-bond donors (Lipinski definition) is 2. The van der Waals surface area contributed by atoms with Crippen molar-refractivity contribution in [2.24, 2.45) is 0 Å². The van der Waals surface area contributed by atoms with Crippen LogP contribution in [0.1, 0.15) is 13.3 Å². The highest BCUT2D eigenvalue weighted by Gasteiger charge is 2.19. The molecule has 2 N–H and O–H groups in total. The van der Waals surface area contributed by atoms with E-state index in [1.165, 1.54) is 4.90 Å². The highest BCUT2D eigenvalue weighted by molar-refractivity contribution is 5.94. The minimum atomic E-state index is -1.66. The molecule has 1 aromatic rings. The van der Waals surface area contributed by atoms with Crippen LogP contribution in [0.3, 0.4) is 0 Å². The number of benzene rings is 1. The lowest BCUT2D eigenvalue weighted by molar-refractivity contribution is -0.133. The van der Waals surface area contributed by atoms with Crippen LogP contribution in [0.5, 0.6) is 0 Å². The molecule has 0 spiro atoms. The van der Waals surface area contributed by atoms with E-state index in [1.54, 1.807) is 7.05 Å². The molecule has 0 fully saturated rings. The van der Waals surface area contributed by atoms with E-state index < -0.39 is 29.0 Å². The lowest BCUT2D eigenvalue weighted by atomic mass is 10.2. The Morgan fingerprint density at radius 2 is 1.83 bits per heavy atom. The first-order valence-corrected chi connectivity index (χ1v) is 6.76. The van der Waals surface area contributed by atoms with Gasteiger partial charge in [-0.05, 0) is 25.6 Å². The minimum absolute atomic E-state index is 0. The monoisotopic (exact) mass is 353 g/mol. The van der Waals surface area contributed by atoms with Crippen molar-refractivity contribution in [1.82, 2.24) is 10.2 Å². The summed E-state index contributed by atoms with van der Waals surface area (Å²) in [4.78, 5) is 24.9. The van der Waals surface area contributed by atoms with Crippen LogP contribution < -0.4 is 10.6 Å². The Labute approximate surface area is 138 Å². The highest BCUT2D eigenvalue weighted by atomic mass is 35.5. The maximum Gasteiger partial charge on any atom is 0.244 e. The van der Waals surface area contributed by atoms with Crippen LogP contribution in [0, 0.1) is 17.5 Å². The van der Waals surface area contributed by atoms with Crippen molar-refractivity contribution < 1.29 is 22.8 Å². The zero-order valence-corrected chi connectivity index (χ0v) is 13.6. The molecule has 1 rings (SSSR count). The molecule has 0 saturated carbocycles. The molecular weight excluding hydrogens is 335 g/mol. The lowest BCUT2D eigenvalue weighted by Gasteiger charge is -2.21. The molecule has 0 atom stereocenters. The van der Waals surface area contributed by atoms with Crippen molar-refractivity contribution >= 4 is 29.9 Å². The molecule has 23 heavy (non-hydrogen) atoms. The van der Waals surface area contributed by atoms with Gasteiger partial charge in [-0.3, -0.25) is 9.59 Å². The van der Waals surface area contributed by atoms with Gasteiger partial charge >= 0.3 is 0 Å². The van der Waals surface area contributed by atoms with Gasteiger partial charge < -0.3 is 15.5 Å². The summed E-state index contributed by atoms with van der Waals surface area (Å²) in [5.74, 6) is -5.45. The largest absolute Gasteiger partial charge is 0.332 e. The highest BCUT2D eigenvalue weighted by Crippen LogP contribution is 2.19. The summed E-state index contributed by atoms with van der Waals surface area (Å²) in [6.07, 6.45) is 0.641. The summed E-state index contributed by atoms with van der Waals surface area (Å²) in [5, 5.41) is 4.81. The molecule has 0 radical (unpaired) electrons. The van der Waals surface area contributed by atoms with Crippen LogP contribution in [-0.4, -0.2) is 43.4 Å². The second-order valence-corrected chi connectivity index (χ2v) is 4.62. The van der Waals surface area contributed by atoms with Gasteiger partial charge in [0.1, 0.15) is 0 Å². The number of carbonyl (C=O) groups excluding carboxylic acids is 2. The molecule has 2 amide bonds. The Morgan fingerprint density at radius 1 is 1.17 bits per heavy atom. The summed E-state index contributed by atoms with van der Waals surface area (Å²) < 4.78 is 39.4. The van der Waals surface area contributed by atoms with Crippen molar-refractivity contribution in [2.75, 3.05) is 32.0 Å². The van der Waals surface area contributed by atoms with Crippen LogP contribution in [-0.2, 0) is 9.59 Å². The first kappa shape index (κ1) is 21.2. The third-order valence-corrected chi connectivity index (χ3v) is 2.82. The fraction of sp³-hybridized carbons (Fsp3) is 0.429. The number of rotatable bonds is 7. The number of nitrogens with zero attached hydrogens (tertiary/aromatic N) is 1. The van der Waals surface area contributed by atoms with Gasteiger partial charge in [0.2, 0.25) is 11.8 Å². The fourth-order valence-electron chi connectivity index (χ4n) is 1.81. The van der Waals surface area contributed by atoms with Gasteiger partial charge in [-0.1, -0.05) is 6.92 Å². The first-order valence-electron chi connectivity index (χ1n) is 6.76. The van der Waals surface area contributed by atoms with E-state index in [2.05, 4.69) is 10.6 Å². The summed E-state index contributed by atoms with van der Waals surface area (Å²) in [5.41, 5.74) is -0.471. The van der Waals surface area contributed by atoms with Crippen molar-refractivity contribution in [3.8, 4) is 0 Å². The topological polar surface area (TPSA) is 61.4 Å². The third kappa shape index (κ3) is 6.07. The van der Waals surface area contributed by atoms with Crippen LogP contribution in [0.2, 0.25) is 0 Å². The molecule has 0 bridgehead atoms. The molecule has 130 valence electrons. The second kappa shape index (κ2) is 10.1. The average Bonchev–Trinajstić information content (AvgIpc) is 2.48. The maximum atomic E-state index is 13.5. The summed E-state index contributed by atoms with van der Waals surface area (Å²) in [6.45, 7) is 1.96. The number of nitrogens with one attached hydrogen (secondary N) is 2. The van der Waals surface area contributed by atoms with Crippen molar-refractivity contribution in [1.29, 1.82) is 0 Å². The van der Waals surface area contributed by atoms with Crippen molar-refractivity contribution in [2.45, 2.75) is 13.3 Å². The van der Waals surface area contributed by atoms with Gasteiger partial charge in [0.25, 0.3) is 0 Å². The SMILES string of the molecule is CCCN(CC(=O)Nc1ccc(F)c(F)c1F)C(=O)CNC.Cl. The maximum absolute atomic E-state index is 13.5. The summed E-state index contributed by atoms with van der Waals surface area (Å²) >= 11 is 0. The van der Waals surface area contributed by atoms with E-state index >= 15 is 0 Å². The molecule has 0 aromatic heterocycles. The molecule has 0 heterocycles. The van der Waals surface area contributed by atoms with Gasteiger partial charge in [0.15, 0.2) is 17.5 Å². The Hall–Kier alpha value is -1.80. The normalized spacial score (nSPS) is 9.96. The Balaban J connectivity index is 0.00000484. The van der Waals surface area contributed by atoms with Crippen molar-refractivity contribution in [3.63, 3.8) is 0 Å². The van der Waals surface area contributed by atoms with Gasteiger partial charge in [-0.25, -0.2) is 13.2 Å². The van der Waals surface area contributed by atoms with E-state index in [4.69, 9.17) is 0 Å². The second-order valence-electron chi connectivity index (χ2n) is 4.62. The number of halogens is 4.